The first kappa shape index (κ1) is 15.4. The van der Waals surface area contributed by atoms with E-state index in [1.807, 2.05) is 0 Å². The second kappa shape index (κ2) is 6.01. The van der Waals surface area contributed by atoms with Gasteiger partial charge in [0.1, 0.15) is 0 Å². The normalized spacial score (nSPS) is 13.8. The largest absolute Gasteiger partial charge is 0.480 e. The summed E-state index contributed by atoms with van der Waals surface area (Å²) in [6, 6.07) is 3.42. The first-order valence-corrected chi connectivity index (χ1v) is 7.94. The molecule has 102 valence electrons. The van der Waals surface area contributed by atoms with Crippen LogP contribution in [0.1, 0.15) is 18.7 Å². The van der Waals surface area contributed by atoms with E-state index in [1.165, 1.54) is 18.3 Å². The van der Waals surface area contributed by atoms with Gasteiger partial charge in [-0.15, -0.1) is 11.3 Å². The zero-order valence-corrected chi connectivity index (χ0v) is 12.3. The summed E-state index contributed by atoms with van der Waals surface area (Å²) >= 11 is 7.05. The lowest BCUT2D eigenvalue weighted by Gasteiger charge is -2.22. The van der Waals surface area contributed by atoms with Crippen LogP contribution in [0.25, 0.3) is 0 Å². The molecular weight excluding hydrogens is 298 g/mol. The van der Waals surface area contributed by atoms with Crippen LogP contribution in [-0.4, -0.2) is 35.6 Å². The van der Waals surface area contributed by atoms with Crippen LogP contribution >= 0.6 is 22.9 Å². The summed E-state index contributed by atoms with van der Waals surface area (Å²) in [6.45, 7) is 3.20. The molecule has 0 saturated heterocycles. The number of carboxylic acids is 1. The Balaban J connectivity index is 2.93. The SMILES string of the molecule is CCN(Cc1ccc(Cl)s1)S(=O)(=O)C(C)C(=O)O. The molecule has 1 aromatic rings. The molecule has 0 spiro atoms. The van der Waals surface area contributed by atoms with Crippen molar-refractivity contribution in [1.29, 1.82) is 0 Å². The molecule has 0 aromatic carbocycles. The van der Waals surface area contributed by atoms with E-state index < -0.39 is 21.2 Å². The van der Waals surface area contributed by atoms with Gasteiger partial charge in [0.05, 0.1) is 4.34 Å². The third-order valence-corrected chi connectivity index (χ3v) is 5.89. The molecule has 1 aromatic heterocycles. The third-order valence-electron chi connectivity index (χ3n) is 2.47. The Kier molecular flexibility index (Phi) is 5.15. The Hall–Kier alpha value is -0.630. The average molecular weight is 312 g/mol. The van der Waals surface area contributed by atoms with Crippen molar-refractivity contribution >= 4 is 38.9 Å². The van der Waals surface area contributed by atoms with Crippen molar-refractivity contribution in [3.05, 3.63) is 21.3 Å². The Bertz CT molecular complexity index is 526. The smallest absolute Gasteiger partial charge is 0.323 e. The first-order chi connectivity index (χ1) is 8.28. The number of carboxylic acid groups (broad SMARTS) is 1. The number of rotatable bonds is 6. The average Bonchev–Trinajstić information content (AvgIpc) is 2.70. The van der Waals surface area contributed by atoms with Crippen molar-refractivity contribution in [3.8, 4) is 0 Å². The fraction of sp³-hybridized carbons (Fsp3) is 0.500. The molecular formula is C10H14ClNO4S2. The van der Waals surface area contributed by atoms with Gasteiger partial charge in [0, 0.05) is 18.0 Å². The van der Waals surface area contributed by atoms with Crippen LogP contribution in [0, 0.1) is 0 Å². The summed E-state index contributed by atoms with van der Waals surface area (Å²) in [5.41, 5.74) is 0. The Morgan fingerprint density at radius 1 is 1.56 bits per heavy atom. The third kappa shape index (κ3) is 3.44. The zero-order chi connectivity index (χ0) is 13.9. The Morgan fingerprint density at radius 3 is 2.56 bits per heavy atom. The summed E-state index contributed by atoms with van der Waals surface area (Å²) < 4.78 is 25.8. The molecule has 1 heterocycles. The topological polar surface area (TPSA) is 74.7 Å². The van der Waals surface area contributed by atoms with Crippen molar-refractivity contribution in [3.63, 3.8) is 0 Å². The van der Waals surface area contributed by atoms with E-state index in [0.29, 0.717) is 4.34 Å². The fourth-order valence-corrected chi connectivity index (χ4v) is 3.91. The molecule has 1 rings (SSSR count). The van der Waals surface area contributed by atoms with Crippen molar-refractivity contribution in [2.24, 2.45) is 0 Å². The standard InChI is InChI=1S/C10H14ClNO4S2/c1-3-12(6-8-4-5-9(11)17-8)18(15,16)7(2)10(13)14/h4-5,7H,3,6H2,1-2H3,(H,13,14). The molecule has 1 unspecified atom stereocenters. The predicted molar refractivity (Wildman–Crippen MR) is 71.4 cm³/mol. The molecule has 1 atom stereocenters. The molecule has 0 saturated carbocycles. The highest BCUT2D eigenvalue weighted by Gasteiger charge is 2.33. The molecule has 0 aliphatic rings. The van der Waals surface area contributed by atoms with E-state index in [9.17, 15) is 13.2 Å². The molecule has 5 nitrogen and oxygen atoms in total. The van der Waals surface area contributed by atoms with Crippen molar-refractivity contribution < 1.29 is 18.3 Å². The predicted octanol–water partition coefficient (Wildman–Crippen LogP) is 2.03. The minimum absolute atomic E-state index is 0.147. The van der Waals surface area contributed by atoms with Gasteiger partial charge in [-0.3, -0.25) is 4.79 Å². The number of hydrogen-bond acceptors (Lipinski definition) is 4. The van der Waals surface area contributed by atoms with Crippen LogP contribution in [0.5, 0.6) is 0 Å². The molecule has 0 aliphatic carbocycles. The van der Waals surface area contributed by atoms with Crippen LogP contribution in [0.2, 0.25) is 4.34 Å². The van der Waals surface area contributed by atoms with E-state index in [2.05, 4.69) is 0 Å². The number of thiophene rings is 1. The summed E-state index contributed by atoms with van der Waals surface area (Å²) in [6.07, 6.45) is 0. The van der Waals surface area contributed by atoms with Crippen LogP contribution < -0.4 is 0 Å². The van der Waals surface area contributed by atoms with Crippen molar-refractivity contribution in [2.45, 2.75) is 25.6 Å². The zero-order valence-electron chi connectivity index (χ0n) is 9.96. The van der Waals surface area contributed by atoms with Gasteiger partial charge < -0.3 is 5.11 Å². The fourth-order valence-electron chi connectivity index (χ4n) is 1.34. The van der Waals surface area contributed by atoms with E-state index in [-0.39, 0.29) is 13.1 Å². The lowest BCUT2D eigenvalue weighted by molar-refractivity contribution is -0.136. The van der Waals surface area contributed by atoms with Gasteiger partial charge >= 0.3 is 5.97 Å². The highest BCUT2D eigenvalue weighted by atomic mass is 35.5. The van der Waals surface area contributed by atoms with E-state index in [1.54, 1.807) is 19.1 Å². The van der Waals surface area contributed by atoms with Gasteiger partial charge in [-0.2, -0.15) is 4.31 Å². The molecule has 8 heteroatoms. The van der Waals surface area contributed by atoms with Gasteiger partial charge in [-0.1, -0.05) is 18.5 Å². The van der Waals surface area contributed by atoms with Crippen LogP contribution in [0.15, 0.2) is 12.1 Å². The van der Waals surface area contributed by atoms with Crippen LogP contribution in [0.3, 0.4) is 0 Å². The quantitative estimate of drug-likeness (QED) is 0.872. The second-order valence-corrected chi connectivity index (χ2v) is 7.71. The van der Waals surface area contributed by atoms with Gasteiger partial charge in [0.15, 0.2) is 5.25 Å². The summed E-state index contributed by atoms with van der Waals surface area (Å²) in [7, 11) is -3.84. The Labute approximate surface area is 115 Å². The second-order valence-electron chi connectivity index (χ2n) is 3.66. The maximum atomic E-state index is 12.0. The van der Waals surface area contributed by atoms with Gasteiger partial charge in [0.25, 0.3) is 0 Å². The molecule has 1 N–H and O–H groups in total. The molecule has 0 amide bonds. The maximum absolute atomic E-state index is 12.0. The molecule has 0 aliphatic heterocycles. The lowest BCUT2D eigenvalue weighted by Crippen LogP contribution is -2.40. The number of sulfonamides is 1. The number of carbonyl (C=O) groups is 1. The van der Waals surface area contributed by atoms with E-state index >= 15 is 0 Å². The van der Waals surface area contributed by atoms with Crippen molar-refractivity contribution in [1.82, 2.24) is 4.31 Å². The summed E-state index contributed by atoms with van der Waals surface area (Å²) in [5.74, 6) is -1.35. The first-order valence-electron chi connectivity index (χ1n) is 5.25. The minimum atomic E-state index is -3.84. The Morgan fingerprint density at radius 2 is 2.17 bits per heavy atom. The minimum Gasteiger partial charge on any atom is -0.480 e. The van der Waals surface area contributed by atoms with Crippen LogP contribution in [0.4, 0.5) is 0 Å². The highest BCUT2D eigenvalue weighted by Crippen LogP contribution is 2.24. The van der Waals surface area contributed by atoms with Gasteiger partial charge in [-0.25, -0.2) is 8.42 Å². The monoisotopic (exact) mass is 311 g/mol. The summed E-state index contributed by atoms with van der Waals surface area (Å²) in [5, 5.41) is 7.36. The maximum Gasteiger partial charge on any atom is 0.323 e. The van der Waals surface area contributed by atoms with E-state index in [4.69, 9.17) is 16.7 Å². The lowest BCUT2D eigenvalue weighted by atomic mass is 10.4. The molecule has 0 bridgehead atoms. The highest BCUT2D eigenvalue weighted by molar-refractivity contribution is 7.90. The number of nitrogens with zero attached hydrogens (tertiary/aromatic N) is 1. The van der Waals surface area contributed by atoms with Crippen molar-refractivity contribution in [2.75, 3.05) is 6.54 Å². The van der Waals surface area contributed by atoms with Gasteiger partial charge in [-0.05, 0) is 19.1 Å². The van der Waals surface area contributed by atoms with E-state index in [0.717, 1.165) is 9.18 Å². The van der Waals surface area contributed by atoms with Crippen LogP contribution in [-0.2, 0) is 21.4 Å². The summed E-state index contributed by atoms with van der Waals surface area (Å²) in [4.78, 5) is 11.6. The molecule has 0 radical (unpaired) electrons. The molecule has 0 fully saturated rings. The number of hydrogen-bond donors (Lipinski definition) is 1. The number of halogens is 1. The van der Waals surface area contributed by atoms with Gasteiger partial charge in [0.2, 0.25) is 10.0 Å². The number of aliphatic carboxylic acids is 1. The molecule has 18 heavy (non-hydrogen) atoms.